The van der Waals surface area contributed by atoms with Crippen LogP contribution in [-0.2, 0) is 18.9 Å². The summed E-state index contributed by atoms with van der Waals surface area (Å²) in [6, 6.07) is 13.9. The van der Waals surface area contributed by atoms with Crippen molar-refractivity contribution in [2.45, 2.75) is 37.9 Å². The van der Waals surface area contributed by atoms with E-state index in [1.54, 1.807) is 23.1 Å². The van der Waals surface area contributed by atoms with E-state index in [4.69, 9.17) is 19.2 Å². The molecule has 3 heterocycles. The van der Waals surface area contributed by atoms with Gasteiger partial charge in [0.1, 0.15) is 17.4 Å². The molecule has 7 nitrogen and oxygen atoms in total. The standard InChI is InChI=1S/C23H22N4O3S2/c1-3-27-21(11-28-18-6-4-5-15(2)9-18)25-26-23(27)32-13-17-12-31-22(24-17)16-7-8-19-20(10-16)30-14-29-19/h4-10,12H,3,11,13-14H2,1-2H3. The molecule has 1 aliphatic rings. The van der Waals surface area contributed by atoms with Crippen LogP contribution >= 0.6 is 23.1 Å². The summed E-state index contributed by atoms with van der Waals surface area (Å²) in [6.45, 7) is 5.57. The second-order valence-corrected chi connectivity index (χ2v) is 9.05. The van der Waals surface area contributed by atoms with E-state index in [0.29, 0.717) is 6.61 Å². The molecule has 5 rings (SSSR count). The Hall–Kier alpha value is -3.04. The van der Waals surface area contributed by atoms with E-state index >= 15 is 0 Å². The zero-order chi connectivity index (χ0) is 21.9. The average Bonchev–Trinajstić information content (AvgIpc) is 3.55. The van der Waals surface area contributed by atoms with Crippen molar-refractivity contribution in [3.8, 4) is 27.8 Å². The number of benzene rings is 2. The van der Waals surface area contributed by atoms with Crippen molar-refractivity contribution in [3.05, 3.63) is 64.9 Å². The van der Waals surface area contributed by atoms with Gasteiger partial charge in [0.2, 0.25) is 6.79 Å². The molecule has 0 spiro atoms. The topological polar surface area (TPSA) is 71.3 Å². The van der Waals surface area contributed by atoms with E-state index in [1.807, 2.05) is 49.4 Å². The number of rotatable bonds is 8. The van der Waals surface area contributed by atoms with E-state index in [2.05, 4.69) is 27.1 Å². The highest BCUT2D eigenvalue weighted by Gasteiger charge is 2.16. The predicted molar refractivity (Wildman–Crippen MR) is 124 cm³/mol. The average molecular weight is 467 g/mol. The van der Waals surface area contributed by atoms with Crippen molar-refractivity contribution < 1.29 is 14.2 Å². The highest BCUT2D eigenvalue weighted by Crippen LogP contribution is 2.37. The van der Waals surface area contributed by atoms with Gasteiger partial charge in [-0.2, -0.15) is 0 Å². The van der Waals surface area contributed by atoms with Gasteiger partial charge < -0.3 is 18.8 Å². The molecule has 2 aromatic heterocycles. The number of thiazole rings is 1. The van der Waals surface area contributed by atoms with E-state index in [1.165, 1.54) is 5.56 Å². The Kier molecular flexibility index (Phi) is 6.00. The fourth-order valence-corrected chi connectivity index (χ4v) is 5.21. The molecular weight excluding hydrogens is 444 g/mol. The Balaban J connectivity index is 1.23. The maximum atomic E-state index is 5.91. The van der Waals surface area contributed by atoms with Gasteiger partial charge in [-0.1, -0.05) is 23.9 Å². The summed E-state index contributed by atoms with van der Waals surface area (Å²) >= 11 is 3.25. The van der Waals surface area contributed by atoms with Gasteiger partial charge in [0.25, 0.3) is 0 Å². The Morgan fingerprint density at radius 1 is 1.12 bits per heavy atom. The lowest BCUT2D eigenvalue weighted by Gasteiger charge is -2.09. The van der Waals surface area contributed by atoms with Crippen LogP contribution in [0, 0.1) is 6.92 Å². The Morgan fingerprint density at radius 3 is 2.91 bits per heavy atom. The third-order valence-corrected chi connectivity index (χ3v) is 6.93. The van der Waals surface area contributed by atoms with Crippen LogP contribution in [0.25, 0.3) is 10.6 Å². The van der Waals surface area contributed by atoms with Crippen molar-refractivity contribution in [2.75, 3.05) is 6.79 Å². The first-order valence-corrected chi connectivity index (χ1v) is 12.1. The first kappa shape index (κ1) is 20.8. The zero-order valence-electron chi connectivity index (χ0n) is 17.8. The van der Waals surface area contributed by atoms with Crippen LogP contribution in [0.4, 0.5) is 0 Å². The van der Waals surface area contributed by atoms with Gasteiger partial charge in [0.05, 0.1) is 5.69 Å². The second kappa shape index (κ2) is 9.22. The van der Waals surface area contributed by atoms with Crippen molar-refractivity contribution in [2.24, 2.45) is 0 Å². The van der Waals surface area contributed by atoms with Crippen LogP contribution in [0.2, 0.25) is 0 Å². The van der Waals surface area contributed by atoms with Gasteiger partial charge in [0.15, 0.2) is 22.5 Å². The molecule has 32 heavy (non-hydrogen) atoms. The Labute approximate surface area is 194 Å². The van der Waals surface area contributed by atoms with Gasteiger partial charge in [0, 0.05) is 23.2 Å². The monoisotopic (exact) mass is 466 g/mol. The van der Waals surface area contributed by atoms with Crippen molar-refractivity contribution in [1.29, 1.82) is 0 Å². The SMILES string of the molecule is CCn1c(COc2cccc(C)c2)nnc1SCc1csc(-c2ccc3c(c2)OCO3)n1. The maximum absolute atomic E-state index is 5.91. The number of ether oxygens (including phenoxy) is 3. The van der Waals surface area contributed by atoms with Crippen molar-refractivity contribution in [1.82, 2.24) is 19.7 Å². The summed E-state index contributed by atoms with van der Waals surface area (Å²) in [5.41, 5.74) is 3.21. The molecule has 4 aromatic rings. The molecule has 0 amide bonds. The molecule has 0 unspecified atom stereocenters. The second-order valence-electron chi connectivity index (χ2n) is 7.25. The zero-order valence-corrected chi connectivity index (χ0v) is 19.4. The van der Waals surface area contributed by atoms with E-state index in [-0.39, 0.29) is 6.79 Å². The molecule has 0 aliphatic carbocycles. The van der Waals surface area contributed by atoms with E-state index in [9.17, 15) is 0 Å². The maximum Gasteiger partial charge on any atom is 0.231 e. The van der Waals surface area contributed by atoms with Crippen LogP contribution in [0.3, 0.4) is 0 Å². The van der Waals surface area contributed by atoms with Gasteiger partial charge in [-0.05, 0) is 49.7 Å². The van der Waals surface area contributed by atoms with E-state index < -0.39 is 0 Å². The minimum absolute atomic E-state index is 0.272. The first-order valence-electron chi connectivity index (χ1n) is 10.3. The summed E-state index contributed by atoms with van der Waals surface area (Å²) in [7, 11) is 0. The first-order chi connectivity index (χ1) is 15.7. The highest BCUT2D eigenvalue weighted by molar-refractivity contribution is 7.98. The summed E-state index contributed by atoms with van der Waals surface area (Å²) in [5, 5.41) is 12.6. The van der Waals surface area contributed by atoms with Gasteiger partial charge >= 0.3 is 0 Å². The number of aryl methyl sites for hydroxylation is 1. The van der Waals surface area contributed by atoms with Crippen molar-refractivity contribution in [3.63, 3.8) is 0 Å². The molecule has 0 bridgehead atoms. The number of aromatic nitrogens is 4. The molecule has 0 radical (unpaired) electrons. The summed E-state index contributed by atoms with van der Waals surface area (Å²) in [4.78, 5) is 4.79. The number of hydrogen-bond donors (Lipinski definition) is 0. The third kappa shape index (κ3) is 4.44. The molecule has 0 fully saturated rings. The number of thioether (sulfide) groups is 1. The Morgan fingerprint density at radius 2 is 2.03 bits per heavy atom. The van der Waals surface area contributed by atoms with Gasteiger partial charge in [-0.3, -0.25) is 0 Å². The summed E-state index contributed by atoms with van der Waals surface area (Å²) in [6.07, 6.45) is 0. The molecule has 164 valence electrons. The fraction of sp³-hybridized carbons (Fsp3) is 0.261. The van der Waals surface area contributed by atoms with Crippen LogP contribution < -0.4 is 14.2 Å². The Bertz CT molecular complexity index is 1240. The van der Waals surface area contributed by atoms with Gasteiger partial charge in [-0.15, -0.1) is 21.5 Å². The minimum atomic E-state index is 0.272. The van der Waals surface area contributed by atoms with Crippen molar-refractivity contribution >= 4 is 23.1 Å². The number of hydrogen-bond acceptors (Lipinski definition) is 8. The van der Waals surface area contributed by atoms with Gasteiger partial charge in [-0.25, -0.2) is 4.98 Å². The van der Waals surface area contributed by atoms with Crippen LogP contribution in [0.1, 0.15) is 24.0 Å². The molecule has 0 saturated carbocycles. The molecule has 0 saturated heterocycles. The molecule has 1 aliphatic heterocycles. The molecule has 0 atom stereocenters. The highest BCUT2D eigenvalue weighted by atomic mass is 32.2. The molecule has 2 aromatic carbocycles. The van der Waals surface area contributed by atoms with Crippen LogP contribution in [0.5, 0.6) is 17.2 Å². The smallest absolute Gasteiger partial charge is 0.231 e. The fourth-order valence-electron chi connectivity index (χ4n) is 3.38. The summed E-state index contributed by atoms with van der Waals surface area (Å²) < 4.78 is 18.9. The number of nitrogens with zero attached hydrogens (tertiary/aromatic N) is 4. The third-order valence-electron chi connectivity index (χ3n) is 4.99. The lowest BCUT2D eigenvalue weighted by molar-refractivity contribution is 0.174. The lowest BCUT2D eigenvalue weighted by atomic mass is 10.2. The van der Waals surface area contributed by atoms with E-state index in [0.717, 1.165) is 56.8 Å². The largest absolute Gasteiger partial charge is 0.486 e. The number of fused-ring (bicyclic) bond motifs is 1. The summed E-state index contributed by atoms with van der Waals surface area (Å²) in [5.74, 6) is 3.92. The molecule has 9 heteroatoms. The quantitative estimate of drug-likeness (QED) is 0.325. The van der Waals surface area contributed by atoms with Crippen LogP contribution in [-0.4, -0.2) is 26.5 Å². The normalized spacial score (nSPS) is 12.3. The molecule has 0 N–H and O–H groups in total. The predicted octanol–water partition coefficient (Wildman–Crippen LogP) is 5.33. The molecular formula is C23H22N4O3S2. The lowest BCUT2D eigenvalue weighted by Crippen LogP contribution is -2.07. The minimum Gasteiger partial charge on any atom is -0.486 e. The van der Waals surface area contributed by atoms with Crippen LogP contribution in [0.15, 0.2) is 53.0 Å².